The summed E-state index contributed by atoms with van der Waals surface area (Å²) < 4.78 is 0.849. The van der Waals surface area contributed by atoms with Crippen molar-refractivity contribution < 1.29 is 0 Å². The molecule has 0 aliphatic heterocycles. The minimum Gasteiger partial charge on any atom is -0.308 e. The van der Waals surface area contributed by atoms with E-state index in [1.807, 2.05) is 18.3 Å². The number of aromatic nitrogens is 1. The molecule has 0 aliphatic rings. The van der Waals surface area contributed by atoms with Crippen LogP contribution in [0.5, 0.6) is 0 Å². The molecule has 0 aliphatic carbocycles. The molecule has 2 aromatic heterocycles. The quantitative estimate of drug-likeness (QED) is 0.855. The number of halogens is 1. The molecule has 2 nitrogen and oxygen atoms in total. The molecule has 0 saturated heterocycles. The summed E-state index contributed by atoms with van der Waals surface area (Å²) in [4.78, 5) is 5.84. The van der Waals surface area contributed by atoms with Crippen LogP contribution in [-0.4, -0.2) is 11.5 Å². The Labute approximate surface area is 123 Å². The molecule has 0 amide bonds. The van der Waals surface area contributed by atoms with Gasteiger partial charge in [0.2, 0.25) is 0 Å². The zero-order valence-electron chi connectivity index (χ0n) is 11.3. The van der Waals surface area contributed by atoms with E-state index in [0.717, 1.165) is 29.4 Å². The van der Waals surface area contributed by atoms with Crippen molar-refractivity contribution in [2.45, 2.75) is 32.7 Å². The van der Waals surface area contributed by atoms with E-state index in [-0.39, 0.29) is 6.04 Å². The van der Waals surface area contributed by atoms with Gasteiger partial charge < -0.3 is 5.32 Å². The molecule has 2 rings (SSSR count). The summed E-state index contributed by atoms with van der Waals surface area (Å²) in [5.74, 6) is 0. The largest absolute Gasteiger partial charge is 0.308 e. The first-order valence-electron chi connectivity index (χ1n) is 6.59. The number of rotatable bonds is 6. The van der Waals surface area contributed by atoms with Crippen molar-refractivity contribution >= 4 is 22.9 Å². The van der Waals surface area contributed by atoms with E-state index in [0.29, 0.717) is 0 Å². The van der Waals surface area contributed by atoms with Crippen LogP contribution in [0.1, 0.15) is 35.5 Å². The highest BCUT2D eigenvalue weighted by molar-refractivity contribution is 7.16. The molecule has 1 unspecified atom stereocenters. The summed E-state index contributed by atoms with van der Waals surface area (Å²) in [6.07, 6.45) is 3.92. The molecule has 1 atom stereocenters. The zero-order valence-corrected chi connectivity index (χ0v) is 12.9. The first kappa shape index (κ1) is 14.5. The molecule has 2 aromatic rings. The van der Waals surface area contributed by atoms with Crippen molar-refractivity contribution in [2.75, 3.05) is 6.54 Å². The molecular formula is C15H19ClN2S. The molecule has 1 N–H and O–H groups in total. The van der Waals surface area contributed by atoms with Gasteiger partial charge in [-0.05, 0) is 43.7 Å². The maximum Gasteiger partial charge on any atom is 0.0931 e. The topological polar surface area (TPSA) is 24.9 Å². The SMILES string of the molecule is CCCNC(Cc1ccc(Cl)s1)c1ncccc1C. The lowest BCUT2D eigenvalue weighted by Gasteiger charge is -2.19. The first-order valence-corrected chi connectivity index (χ1v) is 7.79. The lowest BCUT2D eigenvalue weighted by molar-refractivity contribution is 0.518. The van der Waals surface area contributed by atoms with Crippen LogP contribution in [0.3, 0.4) is 0 Å². The molecule has 0 fully saturated rings. The number of thiophene rings is 1. The maximum atomic E-state index is 6.01. The second kappa shape index (κ2) is 7.04. The average molecular weight is 295 g/mol. The highest BCUT2D eigenvalue weighted by Gasteiger charge is 2.16. The average Bonchev–Trinajstić information content (AvgIpc) is 2.81. The Morgan fingerprint density at radius 2 is 2.21 bits per heavy atom. The fourth-order valence-electron chi connectivity index (χ4n) is 2.11. The summed E-state index contributed by atoms with van der Waals surface area (Å²) in [7, 11) is 0. The van der Waals surface area contributed by atoms with Crippen LogP contribution in [0.15, 0.2) is 30.5 Å². The van der Waals surface area contributed by atoms with E-state index >= 15 is 0 Å². The highest BCUT2D eigenvalue weighted by atomic mass is 35.5. The number of aryl methyl sites for hydroxylation is 1. The fraction of sp³-hybridized carbons (Fsp3) is 0.400. The minimum atomic E-state index is 0.260. The Bertz CT molecular complexity index is 524. The van der Waals surface area contributed by atoms with E-state index in [1.54, 1.807) is 11.3 Å². The molecular weight excluding hydrogens is 276 g/mol. The van der Waals surface area contributed by atoms with Crippen molar-refractivity contribution in [1.29, 1.82) is 0 Å². The van der Waals surface area contributed by atoms with Crippen LogP contribution in [0, 0.1) is 6.92 Å². The van der Waals surface area contributed by atoms with Gasteiger partial charge in [-0.15, -0.1) is 11.3 Å². The van der Waals surface area contributed by atoms with E-state index in [4.69, 9.17) is 11.6 Å². The van der Waals surface area contributed by atoms with Crippen molar-refractivity contribution in [3.05, 3.63) is 50.9 Å². The minimum absolute atomic E-state index is 0.260. The standard InChI is InChI=1S/C15H19ClN2S/c1-3-8-17-13(10-12-6-7-14(16)19-12)15-11(2)5-4-9-18-15/h4-7,9,13,17H,3,8,10H2,1-2H3. The molecule has 0 bridgehead atoms. The third-order valence-corrected chi connectivity index (χ3v) is 4.31. The van der Waals surface area contributed by atoms with Gasteiger partial charge in [0, 0.05) is 17.5 Å². The Morgan fingerprint density at radius 1 is 1.37 bits per heavy atom. The molecule has 19 heavy (non-hydrogen) atoms. The lowest BCUT2D eigenvalue weighted by atomic mass is 10.0. The zero-order chi connectivity index (χ0) is 13.7. The van der Waals surface area contributed by atoms with Gasteiger partial charge in [-0.3, -0.25) is 4.98 Å². The van der Waals surface area contributed by atoms with Gasteiger partial charge in [0.25, 0.3) is 0 Å². The van der Waals surface area contributed by atoms with Crippen LogP contribution < -0.4 is 5.32 Å². The van der Waals surface area contributed by atoms with E-state index in [9.17, 15) is 0 Å². The number of hydrogen-bond acceptors (Lipinski definition) is 3. The lowest BCUT2D eigenvalue weighted by Crippen LogP contribution is -2.25. The third-order valence-electron chi connectivity index (χ3n) is 3.05. The molecule has 102 valence electrons. The Morgan fingerprint density at radius 3 is 2.84 bits per heavy atom. The second-order valence-corrected chi connectivity index (χ2v) is 6.42. The van der Waals surface area contributed by atoms with Crippen LogP contribution in [0.2, 0.25) is 4.34 Å². The molecule has 2 heterocycles. The van der Waals surface area contributed by atoms with Gasteiger partial charge in [0.15, 0.2) is 0 Å². The normalized spacial score (nSPS) is 12.6. The molecule has 0 radical (unpaired) electrons. The Kier molecular flexibility index (Phi) is 5.37. The molecule has 0 spiro atoms. The van der Waals surface area contributed by atoms with Gasteiger partial charge >= 0.3 is 0 Å². The summed E-state index contributed by atoms with van der Waals surface area (Å²) in [5.41, 5.74) is 2.37. The van der Waals surface area contributed by atoms with Gasteiger partial charge in [-0.2, -0.15) is 0 Å². The van der Waals surface area contributed by atoms with Gasteiger partial charge in [-0.25, -0.2) is 0 Å². The summed E-state index contributed by atoms with van der Waals surface area (Å²) in [5, 5.41) is 3.59. The highest BCUT2D eigenvalue weighted by Crippen LogP contribution is 2.27. The van der Waals surface area contributed by atoms with Crippen LogP contribution >= 0.6 is 22.9 Å². The van der Waals surface area contributed by atoms with Gasteiger partial charge in [0.05, 0.1) is 16.1 Å². The van der Waals surface area contributed by atoms with Gasteiger partial charge in [-0.1, -0.05) is 24.6 Å². The monoisotopic (exact) mass is 294 g/mol. The number of nitrogens with zero attached hydrogens (tertiary/aromatic N) is 1. The van der Waals surface area contributed by atoms with Crippen LogP contribution in [-0.2, 0) is 6.42 Å². The smallest absolute Gasteiger partial charge is 0.0931 e. The van der Waals surface area contributed by atoms with Crippen molar-refractivity contribution in [3.8, 4) is 0 Å². The van der Waals surface area contributed by atoms with E-state index in [1.165, 1.54) is 10.4 Å². The summed E-state index contributed by atoms with van der Waals surface area (Å²) >= 11 is 7.66. The molecule has 0 aromatic carbocycles. The van der Waals surface area contributed by atoms with Crippen molar-refractivity contribution in [3.63, 3.8) is 0 Å². The number of nitrogens with one attached hydrogen (secondary N) is 1. The number of pyridine rings is 1. The van der Waals surface area contributed by atoms with E-state index < -0.39 is 0 Å². The summed E-state index contributed by atoms with van der Waals surface area (Å²) in [6.45, 7) is 5.29. The Balaban J connectivity index is 2.18. The van der Waals surface area contributed by atoms with Crippen molar-refractivity contribution in [2.24, 2.45) is 0 Å². The van der Waals surface area contributed by atoms with Crippen molar-refractivity contribution in [1.82, 2.24) is 10.3 Å². The maximum absolute atomic E-state index is 6.01. The van der Waals surface area contributed by atoms with Crippen LogP contribution in [0.4, 0.5) is 0 Å². The third kappa shape index (κ3) is 4.03. The molecule has 4 heteroatoms. The summed E-state index contributed by atoms with van der Waals surface area (Å²) in [6, 6.07) is 8.42. The van der Waals surface area contributed by atoms with Gasteiger partial charge in [0.1, 0.15) is 0 Å². The predicted octanol–water partition coefficient (Wildman–Crippen LogP) is 4.39. The fourth-order valence-corrected chi connectivity index (χ4v) is 3.24. The Hall–Kier alpha value is -0.900. The first-order chi connectivity index (χ1) is 9.20. The van der Waals surface area contributed by atoms with E-state index in [2.05, 4.69) is 36.3 Å². The predicted molar refractivity (Wildman–Crippen MR) is 83.0 cm³/mol. The number of hydrogen-bond donors (Lipinski definition) is 1. The second-order valence-electron chi connectivity index (χ2n) is 4.62. The van der Waals surface area contributed by atoms with Crippen LogP contribution in [0.25, 0.3) is 0 Å². The molecule has 0 saturated carbocycles.